The molecule has 0 aromatic heterocycles. The van der Waals surface area contributed by atoms with Crippen LogP contribution in [0.5, 0.6) is 0 Å². The first-order valence-electron chi connectivity index (χ1n) is 6.50. The SMILES string of the molecule is CCCC(CC)N1CCNCC(C(F)(F)F)C1. The molecule has 0 aliphatic carbocycles. The predicted octanol–water partition coefficient (Wildman–Crippen LogP) is 2.65. The highest BCUT2D eigenvalue weighted by Crippen LogP contribution is 2.28. The summed E-state index contributed by atoms with van der Waals surface area (Å²) in [5.41, 5.74) is 0. The molecule has 1 heterocycles. The van der Waals surface area contributed by atoms with Gasteiger partial charge in [-0.1, -0.05) is 20.3 Å². The minimum Gasteiger partial charge on any atom is -0.315 e. The van der Waals surface area contributed by atoms with Crippen molar-refractivity contribution in [2.24, 2.45) is 5.92 Å². The minimum atomic E-state index is -4.08. The van der Waals surface area contributed by atoms with Crippen LogP contribution in [-0.4, -0.2) is 43.3 Å². The minimum absolute atomic E-state index is 0.0581. The second-order valence-electron chi connectivity index (χ2n) is 4.79. The van der Waals surface area contributed by atoms with Gasteiger partial charge in [-0.05, 0) is 12.8 Å². The Balaban J connectivity index is 2.64. The third-order valence-electron chi connectivity index (χ3n) is 3.49. The van der Waals surface area contributed by atoms with Crippen molar-refractivity contribution in [2.75, 3.05) is 26.2 Å². The molecule has 0 bridgehead atoms. The van der Waals surface area contributed by atoms with Gasteiger partial charge in [0.2, 0.25) is 0 Å². The van der Waals surface area contributed by atoms with Crippen molar-refractivity contribution in [1.82, 2.24) is 10.2 Å². The number of nitrogens with one attached hydrogen (secondary N) is 1. The molecule has 5 heteroatoms. The summed E-state index contributed by atoms with van der Waals surface area (Å²) in [6, 6.07) is 0.296. The van der Waals surface area contributed by atoms with Crippen molar-refractivity contribution in [3.8, 4) is 0 Å². The number of alkyl halides is 3. The molecule has 1 N–H and O–H groups in total. The van der Waals surface area contributed by atoms with E-state index < -0.39 is 12.1 Å². The molecule has 2 atom stereocenters. The molecular formula is C12H23F3N2. The maximum atomic E-state index is 12.8. The quantitative estimate of drug-likeness (QED) is 0.827. The van der Waals surface area contributed by atoms with Crippen LogP contribution in [0.4, 0.5) is 13.2 Å². The average Bonchev–Trinajstić information content (AvgIpc) is 2.50. The van der Waals surface area contributed by atoms with Crippen molar-refractivity contribution < 1.29 is 13.2 Å². The molecule has 0 radical (unpaired) electrons. The Morgan fingerprint density at radius 3 is 2.59 bits per heavy atom. The highest BCUT2D eigenvalue weighted by Gasteiger charge is 2.41. The number of halogens is 3. The molecule has 1 saturated heterocycles. The van der Waals surface area contributed by atoms with Crippen LogP contribution in [-0.2, 0) is 0 Å². The van der Waals surface area contributed by atoms with Gasteiger partial charge in [-0.25, -0.2) is 0 Å². The van der Waals surface area contributed by atoms with E-state index in [2.05, 4.69) is 19.2 Å². The van der Waals surface area contributed by atoms with E-state index >= 15 is 0 Å². The van der Waals surface area contributed by atoms with Gasteiger partial charge < -0.3 is 5.32 Å². The van der Waals surface area contributed by atoms with Crippen molar-refractivity contribution >= 4 is 0 Å². The lowest BCUT2D eigenvalue weighted by Gasteiger charge is -2.32. The van der Waals surface area contributed by atoms with Gasteiger partial charge in [-0.15, -0.1) is 0 Å². The molecule has 2 nitrogen and oxygen atoms in total. The monoisotopic (exact) mass is 252 g/mol. The molecule has 0 amide bonds. The Kier molecular flexibility index (Phi) is 5.73. The standard InChI is InChI=1S/C12H23F3N2/c1-3-5-11(4-2)17-7-6-16-8-10(9-17)12(13,14)15/h10-11,16H,3-9H2,1-2H3. The number of hydrogen-bond acceptors (Lipinski definition) is 2. The normalized spacial score (nSPS) is 25.6. The molecule has 17 heavy (non-hydrogen) atoms. The zero-order valence-corrected chi connectivity index (χ0v) is 10.7. The van der Waals surface area contributed by atoms with Gasteiger partial charge in [-0.2, -0.15) is 13.2 Å². The van der Waals surface area contributed by atoms with Crippen LogP contribution in [0.1, 0.15) is 33.1 Å². The van der Waals surface area contributed by atoms with E-state index in [1.54, 1.807) is 0 Å². The van der Waals surface area contributed by atoms with E-state index in [0.29, 0.717) is 12.6 Å². The molecule has 1 aliphatic rings. The Labute approximate surface area is 102 Å². The van der Waals surface area contributed by atoms with Gasteiger partial charge in [0.15, 0.2) is 0 Å². The van der Waals surface area contributed by atoms with Crippen molar-refractivity contribution in [2.45, 2.75) is 45.3 Å². The van der Waals surface area contributed by atoms with Gasteiger partial charge in [0.25, 0.3) is 0 Å². The predicted molar refractivity (Wildman–Crippen MR) is 63.0 cm³/mol. The molecular weight excluding hydrogens is 229 g/mol. The van der Waals surface area contributed by atoms with E-state index in [-0.39, 0.29) is 13.1 Å². The third kappa shape index (κ3) is 4.47. The fraction of sp³-hybridized carbons (Fsp3) is 1.00. The van der Waals surface area contributed by atoms with Crippen molar-refractivity contribution in [3.05, 3.63) is 0 Å². The summed E-state index contributed by atoms with van der Waals surface area (Å²) in [4.78, 5) is 2.02. The topological polar surface area (TPSA) is 15.3 Å². The van der Waals surface area contributed by atoms with Gasteiger partial charge in [-0.3, -0.25) is 4.90 Å². The van der Waals surface area contributed by atoms with Crippen molar-refractivity contribution in [1.29, 1.82) is 0 Å². The van der Waals surface area contributed by atoms with E-state index in [1.807, 2.05) is 4.90 Å². The van der Waals surface area contributed by atoms with E-state index in [1.165, 1.54) is 0 Å². The third-order valence-corrected chi connectivity index (χ3v) is 3.49. The smallest absolute Gasteiger partial charge is 0.315 e. The molecule has 1 rings (SSSR count). The van der Waals surface area contributed by atoms with Gasteiger partial charge in [0.05, 0.1) is 5.92 Å². The van der Waals surface area contributed by atoms with Gasteiger partial charge >= 0.3 is 6.18 Å². The first-order valence-corrected chi connectivity index (χ1v) is 6.50. The summed E-state index contributed by atoms with van der Waals surface area (Å²) in [7, 11) is 0. The number of nitrogens with zero attached hydrogens (tertiary/aromatic N) is 1. The molecule has 0 saturated carbocycles. The second kappa shape index (κ2) is 6.59. The van der Waals surface area contributed by atoms with Crippen LogP contribution in [0.15, 0.2) is 0 Å². The lowest BCUT2D eigenvalue weighted by Crippen LogP contribution is -2.42. The van der Waals surface area contributed by atoms with Gasteiger partial charge in [0.1, 0.15) is 0 Å². The number of hydrogen-bond donors (Lipinski definition) is 1. The zero-order chi connectivity index (χ0) is 12.9. The lowest BCUT2D eigenvalue weighted by atomic mass is 10.0. The summed E-state index contributed by atoms with van der Waals surface area (Å²) in [6.07, 6.45) is -1.14. The highest BCUT2D eigenvalue weighted by atomic mass is 19.4. The highest BCUT2D eigenvalue weighted by molar-refractivity contribution is 4.82. The van der Waals surface area contributed by atoms with Crippen LogP contribution >= 0.6 is 0 Å². The molecule has 0 aromatic carbocycles. The van der Waals surface area contributed by atoms with Crippen molar-refractivity contribution in [3.63, 3.8) is 0 Å². The van der Waals surface area contributed by atoms with E-state index in [4.69, 9.17) is 0 Å². The summed E-state index contributed by atoms with van der Waals surface area (Å²) in [6.45, 7) is 5.73. The Morgan fingerprint density at radius 1 is 1.35 bits per heavy atom. The summed E-state index contributed by atoms with van der Waals surface area (Å²) in [5.74, 6) is -1.23. The largest absolute Gasteiger partial charge is 0.394 e. The molecule has 2 unspecified atom stereocenters. The molecule has 1 fully saturated rings. The maximum absolute atomic E-state index is 12.8. The van der Waals surface area contributed by atoms with E-state index in [0.717, 1.165) is 25.8 Å². The fourth-order valence-corrected chi connectivity index (χ4v) is 2.47. The molecule has 102 valence electrons. The molecule has 1 aliphatic heterocycles. The van der Waals surface area contributed by atoms with Gasteiger partial charge in [0, 0.05) is 32.2 Å². The van der Waals surface area contributed by atoms with E-state index in [9.17, 15) is 13.2 Å². The van der Waals surface area contributed by atoms with Crippen LogP contribution in [0.2, 0.25) is 0 Å². The lowest BCUT2D eigenvalue weighted by molar-refractivity contribution is -0.177. The fourth-order valence-electron chi connectivity index (χ4n) is 2.47. The summed E-state index contributed by atoms with van der Waals surface area (Å²) in [5, 5.41) is 2.89. The summed E-state index contributed by atoms with van der Waals surface area (Å²) >= 11 is 0. The maximum Gasteiger partial charge on any atom is 0.394 e. The Morgan fingerprint density at radius 2 is 2.06 bits per heavy atom. The number of rotatable bonds is 4. The molecule has 0 aromatic rings. The first-order chi connectivity index (χ1) is 7.99. The Hall–Kier alpha value is -0.290. The Bertz CT molecular complexity index is 218. The van der Waals surface area contributed by atoms with Crippen LogP contribution in [0, 0.1) is 5.92 Å². The second-order valence-corrected chi connectivity index (χ2v) is 4.79. The summed E-state index contributed by atoms with van der Waals surface area (Å²) < 4.78 is 38.3. The zero-order valence-electron chi connectivity index (χ0n) is 10.7. The average molecular weight is 252 g/mol. The van der Waals surface area contributed by atoms with Crippen LogP contribution in [0.25, 0.3) is 0 Å². The van der Waals surface area contributed by atoms with Crippen LogP contribution in [0.3, 0.4) is 0 Å². The first kappa shape index (κ1) is 14.8. The van der Waals surface area contributed by atoms with Crippen LogP contribution < -0.4 is 5.32 Å². The molecule has 0 spiro atoms.